The topological polar surface area (TPSA) is 41.1 Å². The van der Waals surface area contributed by atoms with Gasteiger partial charge in [0.2, 0.25) is 0 Å². The van der Waals surface area contributed by atoms with Crippen LogP contribution in [0.2, 0.25) is 10.0 Å². The molecular formula is C14H9Cl2F3N2OS. The molecular weight excluding hydrogens is 372 g/mol. The molecule has 0 fully saturated rings. The van der Waals surface area contributed by atoms with Crippen LogP contribution in [0, 0.1) is 0 Å². The Labute approximate surface area is 144 Å². The maximum absolute atomic E-state index is 12.3. The summed E-state index contributed by atoms with van der Waals surface area (Å²) in [5, 5.41) is 5.62. The molecule has 0 saturated carbocycles. The van der Waals surface area contributed by atoms with Crippen LogP contribution in [0.5, 0.6) is 0 Å². The van der Waals surface area contributed by atoms with Gasteiger partial charge >= 0.3 is 11.5 Å². The molecule has 2 aromatic carbocycles. The van der Waals surface area contributed by atoms with Crippen LogP contribution in [-0.4, -0.2) is 11.5 Å². The molecule has 2 rings (SSSR count). The first-order valence-electron chi connectivity index (χ1n) is 6.11. The van der Waals surface area contributed by atoms with E-state index in [1.165, 1.54) is 42.5 Å². The molecule has 0 aromatic heterocycles. The Morgan fingerprint density at radius 1 is 0.957 bits per heavy atom. The molecule has 0 atom stereocenters. The first-order valence-corrected chi connectivity index (χ1v) is 7.68. The third-order valence-corrected chi connectivity index (χ3v) is 3.60. The lowest BCUT2D eigenvalue weighted by Crippen LogP contribution is -2.19. The summed E-state index contributed by atoms with van der Waals surface area (Å²) < 4.78 is 37.0. The van der Waals surface area contributed by atoms with Crippen molar-refractivity contribution in [2.24, 2.45) is 0 Å². The summed E-state index contributed by atoms with van der Waals surface area (Å²) in [5.74, 6) is 0. The average Bonchev–Trinajstić information content (AvgIpc) is 2.35. The van der Waals surface area contributed by atoms with E-state index < -0.39 is 11.5 Å². The molecule has 0 saturated heterocycles. The molecule has 2 N–H and O–H groups in total. The van der Waals surface area contributed by atoms with Crippen molar-refractivity contribution in [3.05, 3.63) is 52.5 Å². The van der Waals surface area contributed by atoms with E-state index in [-0.39, 0.29) is 22.3 Å². The second-order valence-electron chi connectivity index (χ2n) is 4.31. The molecule has 0 spiro atoms. The van der Waals surface area contributed by atoms with Gasteiger partial charge < -0.3 is 10.6 Å². The molecule has 2 aromatic rings. The minimum Gasteiger partial charge on any atom is -0.308 e. The Balaban J connectivity index is 2.04. The number of urea groups is 1. The zero-order valence-electron chi connectivity index (χ0n) is 11.2. The molecule has 0 bridgehead atoms. The van der Waals surface area contributed by atoms with Gasteiger partial charge in [0.05, 0.1) is 0 Å². The maximum atomic E-state index is 12.3. The zero-order chi connectivity index (χ0) is 17.0. The number of carbonyl (C=O) groups is 1. The van der Waals surface area contributed by atoms with Gasteiger partial charge in [0, 0.05) is 26.3 Å². The quantitative estimate of drug-likeness (QED) is 0.617. The number of anilines is 2. The molecule has 0 heterocycles. The third kappa shape index (κ3) is 6.21. The van der Waals surface area contributed by atoms with E-state index in [1.807, 2.05) is 0 Å². The number of hydrogen-bond acceptors (Lipinski definition) is 2. The van der Waals surface area contributed by atoms with E-state index in [0.717, 1.165) is 0 Å². The van der Waals surface area contributed by atoms with E-state index in [4.69, 9.17) is 23.2 Å². The van der Waals surface area contributed by atoms with Crippen molar-refractivity contribution in [3.8, 4) is 0 Å². The van der Waals surface area contributed by atoms with Crippen LogP contribution in [0.1, 0.15) is 0 Å². The minimum atomic E-state index is -4.39. The predicted molar refractivity (Wildman–Crippen MR) is 87.5 cm³/mol. The highest BCUT2D eigenvalue weighted by Gasteiger charge is 2.29. The van der Waals surface area contributed by atoms with Gasteiger partial charge in [-0.3, -0.25) is 0 Å². The first-order chi connectivity index (χ1) is 10.7. The van der Waals surface area contributed by atoms with Crippen molar-refractivity contribution < 1.29 is 18.0 Å². The summed E-state index contributed by atoms with van der Waals surface area (Å²) in [7, 11) is 0. The number of halogens is 5. The fourth-order valence-electron chi connectivity index (χ4n) is 1.69. The fourth-order valence-corrected chi connectivity index (χ4v) is 2.82. The number of alkyl halides is 3. The molecule has 122 valence electrons. The second-order valence-corrected chi connectivity index (χ2v) is 6.32. The Morgan fingerprint density at radius 3 is 2.17 bits per heavy atom. The number of rotatable bonds is 3. The molecule has 9 heteroatoms. The van der Waals surface area contributed by atoms with Crippen LogP contribution in [0.4, 0.5) is 29.3 Å². The van der Waals surface area contributed by atoms with Gasteiger partial charge in [0.1, 0.15) is 0 Å². The SMILES string of the molecule is O=C(Nc1cc(Cl)cc(Cl)c1)Nc1cccc(SC(F)(F)F)c1. The van der Waals surface area contributed by atoms with E-state index >= 15 is 0 Å². The summed E-state index contributed by atoms with van der Waals surface area (Å²) in [6.07, 6.45) is 0. The number of amides is 2. The molecule has 3 nitrogen and oxygen atoms in total. The normalized spacial score (nSPS) is 11.2. The van der Waals surface area contributed by atoms with Gasteiger partial charge in [-0.25, -0.2) is 4.79 Å². The van der Waals surface area contributed by atoms with Crippen molar-refractivity contribution in [3.63, 3.8) is 0 Å². The zero-order valence-corrected chi connectivity index (χ0v) is 13.6. The largest absolute Gasteiger partial charge is 0.446 e. The second kappa shape index (κ2) is 7.33. The molecule has 0 aliphatic carbocycles. The summed E-state index contributed by atoms with van der Waals surface area (Å²) in [6.45, 7) is 0. The van der Waals surface area contributed by atoms with Crippen LogP contribution in [-0.2, 0) is 0 Å². The standard InChI is InChI=1S/C14H9Cl2F3N2OS/c15-8-4-9(16)6-11(5-8)21-13(22)20-10-2-1-3-12(7-10)23-14(17,18)19/h1-7H,(H2,20,21,22). The van der Waals surface area contributed by atoms with Gasteiger partial charge in [0.25, 0.3) is 0 Å². The van der Waals surface area contributed by atoms with Crippen LogP contribution in [0.25, 0.3) is 0 Å². The maximum Gasteiger partial charge on any atom is 0.446 e. The van der Waals surface area contributed by atoms with Crippen molar-refractivity contribution in [1.29, 1.82) is 0 Å². The summed E-state index contributed by atoms with van der Waals surface area (Å²) in [4.78, 5) is 11.8. The molecule has 2 amide bonds. The fraction of sp³-hybridized carbons (Fsp3) is 0.0714. The van der Waals surface area contributed by atoms with Crippen LogP contribution in [0.15, 0.2) is 47.4 Å². The van der Waals surface area contributed by atoms with Gasteiger partial charge in [-0.05, 0) is 48.2 Å². The highest BCUT2D eigenvalue weighted by molar-refractivity contribution is 8.00. The minimum absolute atomic E-state index is 0.0268. The highest BCUT2D eigenvalue weighted by atomic mass is 35.5. The average molecular weight is 381 g/mol. The predicted octanol–water partition coefficient (Wildman–Crippen LogP) is 6.25. The van der Waals surface area contributed by atoms with Crippen molar-refractivity contribution in [1.82, 2.24) is 0 Å². The van der Waals surface area contributed by atoms with Crippen molar-refractivity contribution >= 4 is 52.4 Å². The van der Waals surface area contributed by atoms with Crippen LogP contribution in [0.3, 0.4) is 0 Å². The summed E-state index contributed by atoms with van der Waals surface area (Å²) in [5.41, 5.74) is -3.80. The monoisotopic (exact) mass is 380 g/mol. The van der Waals surface area contributed by atoms with E-state index in [1.54, 1.807) is 0 Å². The number of benzene rings is 2. The van der Waals surface area contributed by atoms with Gasteiger partial charge in [-0.1, -0.05) is 29.3 Å². The number of thioether (sulfide) groups is 1. The smallest absolute Gasteiger partial charge is 0.308 e. The van der Waals surface area contributed by atoms with Crippen LogP contribution < -0.4 is 10.6 Å². The molecule has 0 aliphatic heterocycles. The third-order valence-electron chi connectivity index (χ3n) is 2.45. The molecule has 23 heavy (non-hydrogen) atoms. The van der Waals surface area contributed by atoms with Crippen molar-refractivity contribution in [2.75, 3.05) is 10.6 Å². The van der Waals surface area contributed by atoms with Crippen molar-refractivity contribution in [2.45, 2.75) is 10.4 Å². The van der Waals surface area contributed by atoms with E-state index in [0.29, 0.717) is 15.7 Å². The number of nitrogens with one attached hydrogen (secondary N) is 2. The van der Waals surface area contributed by atoms with Gasteiger partial charge in [-0.2, -0.15) is 13.2 Å². The summed E-state index contributed by atoms with van der Waals surface area (Å²) >= 11 is 11.4. The summed E-state index contributed by atoms with van der Waals surface area (Å²) in [6, 6.07) is 9.28. The highest BCUT2D eigenvalue weighted by Crippen LogP contribution is 2.37. The Kier molecular flexibility index (Phi) is 5.67. The Hall–Kier alpha value is -1.57. The molecule has 0 radical (unpaired) electrons. The lowest BCUT2D eigenvalue weighted by atomic mass is 10.3. The molecule has 0 aliphatic rings. The molecule has 0 unspecified atom stereocenters. The Bertz CT molecular complexity index is 705. The lowest BCUT2D eigenvalue weighted by molar-refractivity contribution is -0.0328. The van der Waals surface area contributed by atoms with E-state index in [9.17, 15) is 18.0 Å². The van der Waals surface area contributed by atoms with Gasteiger partial charge in [-0.15, -0.1) is 0 Å². The first kappa shape index (κ1) is 17.8. The van der Waals surface area contributed by atoms with E-state index in [2.05, 4.69) is 10.6 Å². The number of carbonyl (C=O) groups excluding carboxylic acids is 1. The van der Waals surface area contributed by atoms with Crippen LogP contribution >= 0.6 is 35.0 Å². The van der Waals surface area contributed by atoms with Gasteiger partial charge in [0.15, 0.2) is 0 Å². The number of hydrogen-bond donors (Lipinski definition) is 2. The Morgan fingerprint density at radius 2 is 1.57 bits per heavy atom. The lowest BCUT2D eigenvalue weighted by Gasteiger charge is -2.10.